The van der Waals surface area contributed by atoms with Gasteiger partial charge in [-0.05, 0) is 48.9 Å². The molecule has 3 aromatic rings. The molecule has 1 aromatic heterocycles. The molecular weight excluding hydrogens is 328 g/mol. The van der Waals surface area contributed by atoms with Gasteiger partial charge in [-0.3, -0.25) is 9.59 Å². The normalized spacial score (nSPS) is 10.4. The molecule has 1 heterocycles. The summed E-state index contributed by atoms with van der Waals surface area (Å²) in [6, 6.07) is 17.6. The number of nitrogens with zero attached hydrogens (tertiary/aromatic N) is 3. The number of amides is 1. The number of anilines is 2. The molecule has 0 aliphatic rings. The Labute approximate surface area is 151 Å². The lowest BCUT2D eigenvalue weighted by Gasteiger charge is -2.15. The van der Waals surface area contributed by atoms with E-state index >= 15 is 0 Å². The number of carbonyl (C=O) groups is 1. The van der Waals surface area contributed by atoms with Crippen molar-refractivity contribution in [2.24, 2.45) is 0 Å². The Morgan fingerprint density at radius 1 is 1.04 bits per heavy atom. The Hall–Kier alpha value is -3.41. The monoisotopic (exact) mass is 348 g/mol. The van der Waals surface area contributed by atoms with Crippen LogP contribution in [0.2, 0.25) is 0 Å². The van der Waals surface area contributed by atoms with Gasteiger partial charge in [0.25, 0.3) is 11.5 Å². The molecule has 0 radical (unpaired) electrons. The average Bonchev–Trinajstić information content (AvgIpc) is 2.64. The molecule has 0 aliphatic carbocycles. The van der Waals surface area contributed by atoms with Crippen LogP contribution in [0.3, 0.4) is 0 Å². The summed E-state index contributed by atoms with van der Waals surface area (Å²) in [4.78, 5) is 26.6. The van der Waals surface area contributed by atoms with Crippen LogP contribution in [0.15, 0.2) is 65.5 Å². The minimum atomic E-state index is -0.365. The number of hydrogen-bond donors (Lipinski definition) is 1. The Morgan fingerprint density at radius 2 is 1.77 bits per heavy atom. The zero-order chi connectivity index (χ0) is 18.7. The van der Waals surface area contributed by atoms with E-state index in [-0.39, 0.29) is 17.2 Å². The number of benzene rings is 2. The van der Waals surface area contributed by atoms with Crippen LogP contribution >= 0.6 is 0 Å². The van der Waals surface area contributed by atoms with Crippen molar-refractivity contribution >= 4 is 17.3 Å². The Bertz CT molecular complexity index is 994. The molecule has 1 amide bonds. The topological polar surface area (TPSA) is 67.2 Å². The molecule has 0 atom stereocenters. The summed E-state index contributed by atoms with van der Waals surface area (Å²) in [5, 5.41) is 7.05. The van der Waals surface area contributed by atoms with Gasteiger partial charge in [0, 0.05) is 31.5 Å². The number of carbonyl (C=O) groups excluding carboxylic acids is 1. The van der Waals surface area contributed by atoms with Crippen molar-refractivity contribution in [3.8, 4) is 5.69 Å². The third-order valence-electron chi connectivity index (χ3n) is 4.01. The van der Waals surface area contributed by atoms with Crippen LogP contribution in [0.5, 0.6) is 0 Å². The van der Waals surface area contributed by atoms with Gasteiger partial charge in [0.1, 0.15) is 5.69 Å². The highest BCUT2D eigenvalue weighted by atomic mass is 16.2. The molecule has 26 heavy (non-hydrogen) atoms. The average molecular weight is 348 g/mol. The largest absolute Gasteiger partial charge is 0.378 e. The summed E-state index contributed by atoms with van der Waals surface area (Å²) in [5.41, 5.74) is 3.19. The number of rotatable bonds is 4. The van der Waals surface area contributed by atoms with E-state index in [1.807, 2.05) is 62.3 Å². The van der Waals surface area contributed by atoms with E-state index in [1.54, 1.807) is 12.1 Å². The molecule has 2 aromatic carbocycles. The molecule has 6 nitrogen and oxygen atoms in total. The highest BCUT2D eigenvalue weighted by Crippen LogP contribution is 2.21. The molecule has 6 heteroatoms. The van der Waals surface area contributed by atoms with E-state index in [2.05, 4.69) is 10.4 Å². The summed E-state index contributed by atoms with van der Waals surface area (Å²) in [5.74, 6) is -0.365. The molecule has 0 saturated heterocycles. The number of aromatic nitrogens is 2. The number of hydrogen-bond acceptors (Lipinski definition) is 4. The molecule has 1 N–H and O–H groups in total. The molecule has 0 saturated carbocycles. The van der Waals surface area contributed by atoms with Gasteiger partial charge in [0.05, 0.1) is 5.69 Å². The standard InChI is InChI=1S/C20H20N4O2/c1-14-13-16(23(2)3)9-10-17(14)21-20(26)18-11-12-19(25)24(22-18)15-7-5-4-6-8-15/h4-13H,1-3H3,(H,21,26). The van der Waals surface area contributed by atoms with Crippen molar-refractivity contribution in [2.75, 3.05) is 24.3 Å². The smallest absolute Gasteiger partial charge is 0.276 e. The van der Waals surface area contributed by atoms with Gasteiger partial charge in [-0.15, -0.1) is 0 Å². The SMILES string of the molecule is Cc1cc(N(C)C)ccc1NC(=O)c1ccc(=O)n(-c2ccccc2)n1. The fraction of sp³-hybridized carbons (Fsp3) is 0.150. The van der Waals surface area contributed by atoms with E-state index < -0.39 is 0 Å². The minimum absolute atomic E-state index is 0.171. The Balaban J connectivity index is 1.88. The summed E-state index contributed by atoms with van der Waals surface area (Å²) in [6.07, 6.45) is 0. The Kier molecular flexibility index (Phi) is 4.84. The van der Waals surface area contributed by atoms with E-state index in [9.17, 15) is 9.59 Å². The zero-order valence-electron chi connectivity index (χ0n) is 14.9. The predicted octanol–water partition coefficient (Wildman–Crippen LogP) is 2.86. The van der Waals surface area contributed by atoms with Crippen LogP contribution in [-0.4, -0.2) is 29.8 Å². The van der Waals surface area contributed by atoms with Crippen LogP contribution in [0.4, 0.5) is 11.4 Å². The second kappa shape index (κ2) is 7.23. The summed E-state index contributed by atoms with van der Waals surface area (Å²) in [6.45, 7) is 1.93. The molecule has 132 valence electrons. The predicted molar refractivity (Wildman–Crippen MR) is 103 cm³/mol. The first-order valence-electron chi connectivity index (χ1n) is 8.21. The molecular formula is C20H20N4O2. The number of nitrogens with one attached hydrogen (secondary N) is 1. The summed E-state index contributed by atoms with van der Waals surface area (Å²) in [7, 11) is 3.92. The lowest BCUT2D eigenvalue weighted by Crippen LogP contribution is -2.25. The van der Waals surface area contributed by atoms with Crippen molar-refractivity contribution in [2.45, 2.75) is 6.92 Å². The van der Waals surface area contributed by atoms with Crippen molar-refractivity contribution in [1.29, 1.82) is 0 Å². The molecule has 0 bridgehead atoms. The van der Waals surface area contributed by atoms with Crippen LogP contribution in [0.1, 0.15) is 16.1 Å². The first-order valence-corrected chi connectivity index (χ1v) is 8.21. The second-order valence-electron chi connectivity index (χ2n) is 6.15. The fourth-order valence-corrected chi connectivity index (χ4v) is 2.54. The molecule has 0 aliphatic heterocycles. The van der Waals surface area contributed by atoms with E-state index in [4.69, 9.17) is 0 Å². The lowest BCUT2D eigenvalue weighted by molar-refractivity contribution is 0.102. The molecule has 0 spiro atoms. The van der Waals surface area contributed by atoms with Gasteiger partial charge >= 0.3 is 0 Å². The van der Waals surface area contributed by atoms with Crippen LogP contribution in [0.25, 0.3) is 5.69 Å². The van der Waals surface area contributed by atoms with Crippen molar-refractivity contribution < 1.29 is 4.79 Å². The van der Waals surface area contributed by atoms with Crippen molar-refractivity contribution in [1.82, 2.24) is 9.78 Å². The highest BCUT2D eigenvalue weighted by Gasteiger charge is 2.12. The van der Waals surface area contributed by atoms with Crippen LogP contribution in [0, 0.1) is 6.92 Å². The maximum absolute atomic E-state index is 12.6. The number of aryl methyl sites for hydroxylation is 1. The van der Waals surface area contributed by atoms with Crippen molar-refractivity contribution in [3.05, 3.63) is 82.3 Å². The molecule has 3 rings (SSSR count). The fourth-order valence-electron chi connectivity index (χ4n) is 2.54. The third kappa shape index (κ3) is 3.64. The zero-order valence-corrected chi connectivity index (χ0v) is 14.9. The Morgan fingerprint density at radius 3 is 2.42 bits per heavy atom. The highest BCUT2D eigenvalue weighted by molar-refractivity contribution is 6.03. The van der Waals surface area contributed by atoms with Gasteiger partial charge in [-0.2, -0.15) is 9.78 Å². The van der Waals surface area contributed by atoms with Gasteiger partial charge in [0.15, 0.2) is 0 Å². The van der Waals surface area contributed by atoms with Crippen LogP contribution < -0.4 is 15.8 Å². The lowest BCUT2D eigenvalue weighted by atomic mass is 10.1. The maximum Gasteiger partial charge on any atom is 0.276 e. The third-order valence-corrected chi connectivity index (χ3v) is 4.01. The quantitative estimate of drug-likeness (QED) is 0.787. The maximum atomic E-state index is 12.6. The first-order chi connectivity index (χ1) is 12.5. The van der Waals surface area contributed by atoms with Crippen LogP contribution in [-0.2, 0) is 0 Å². The summed E-state index contributed by atoms with van der Waals surface area (Å²) >= 11 is 0. The van der Waals surface area contributed by atoms with Crippen molar-refractivity contribution in [3.63, 3.8) is 0 Å². The minimum Gasteiger partial charge on any atom is -0.378 e. The van der Waals surface area contributed by atoms with Gasteiger partial charge < -0.3 is 10.2 Å². The van der Waals surface area contributed by atoms with E-state index in [1.165, 1.54) is 16.8 Å². The molecule has 0 unspecified atom stereocenters. The summed E-state index contributed by atoms with van der Waals surface area (Å²) < 4.78 is 1.22. The second-order valence-corrected chi connectivity index (χ2v) is 6.15. The number of para-hydroxylation sites is 1. The molecule has 0 fully saturated rings. The van der Waals surface area contributed by atoms with E-state index in [0.717, 1.165) is 11.3 Å². The van der Waals surface area contributed by atoms with Gasteiger partial charge in [0.2, 0.25) is 0 Å². The first kappa shape index (κ1) is 17.4. The van der Waals surface area contributed by atoms with E-state index in [0.29, 0.717) is 11.4 Å². The van der Waals surface area contributed by atoms with Gasteiger partial charge in [-0.1, -0.05) is 18.2 Å². The van der Waals surface area contributed by atoms with Gasteiger partial charge in [-0.25, -0.2) is 0 Å².